The first kappa shape index (κ1) is 14.7. The first-order valence-corrected chi connectivity index (χ1v) is 8.37. The van der Waals surface area contributed by atoms with Crippen LogP contribution in [0.25, 0.3) is 10.1 Å². The lowest BCUT2D eigenvalue weighted by atomic mass is 10.0. The molecule has 0 bridgehead atoms. The highest BCUT2D eigenvalue weighted by atomic mass is 32.1. The number of carbonyl (C=O) groups excluding carboxylic acids is 1. The normalized spacial score (nSPS) is 21.0. The summed E-state index contributed by atoms with van der Waals surface area (Å²) in [6, 6.07) is 8.71. The van der Waals surface area contributed by atoms with E-state index < -0.39 is 0 Å². The van der Waals surface area contributed by atoms with E-state index in [9.17, 15) is 4.79 Å². The summed E-state index contributed by atoms with van der Waals surface area (Å²) >= 11 is 1.73. The molecule has 0 spiro atoms. The Balaban J connectivity index is 1.66. The Morgan fingerprint density at radius 2 is 2.10 bits per heavy atom. The number of Topliss-reactive ketones (excluding diaryl/α,β-unsaturated/α-hetero) is 1. The molecular formula is C17H22N2OS. The number of likely N-dealkylation sites (N-methyl/N-ethyl adjacent to an activating group) is 2. The standard InChI is InChI=1S/C17H22N2OS/c1-18-7-8-19(2)14(11-18)10-15(20)9-13-12-21-17-6-4-3-5-16(13)17/h3-6,12,14H,7-11H2,1-2H3. The Hall–Kier alpha value is -1.23. The van der Waals surface area contributed by atoms with Crippen LogP contribution in [0.1, 0.15) is 12.0 Å². The van der Waals surface area contributed by atoms with Gasteiger partial charge < -0.3 is 9.80 Å². The van der Waals surface area contributed by atoms with E-state index in [0.717, 1.165) is 19.6 Å². The fourth-order valence-corrected chi connectivity index (χ4v) is 4.00. The Labute approximate surface area is 130 Å². The van der Waals surface area contributed by atoms with Crippen molar-refractivity contribution in [2.45, 2.75) is 18.9 Å². The van der Waals surface area contributed by atoms with Gasteiger partial charge in [-0.3, -0.25) is 4.79 Å². The summed E-state index contributed by atoms with van der Waals surface area (Å²) in [4.78, 5) is 17.1. The van der Waals surface area contributed by atoms with E-state index in [1.165, 1.54) is 15.6 Å². The van der Waals surface area contributed by atoms with Gasteiger partial charge in [-0.1, -0.05) is 18.2 Å². The van der Waals surface area contributed by atoms with Gasteiger partial charge in [0.05, 0.1) is 0 Å². The fourth-order valence-electron chi connectivity index (χ4n) is 3.04. The third-order valence-electron chi connectivity index (χ3n) is 4.39. The molecule has 4 heteroatoms. The summed E-state index contributed by atoms with van der Waals surface area (Å²) in [6.45, 7) is 3.14. The highest BCUT2D eigenvalue weighted by Gasteiger charge is 2.24. The predicted octanol–water partition coefficient (Wildman–Crippen LogP) is 2.65. The number of benzene rings is 1. The highest BCUT2D eigenvalue weighted by Crippen LogP contribution is 2.26. The van der Waals surface area contributed by atoms with Crippen molar-refractivity contribution in [1.82, 2.24) is 9.80 Å². The average Bonchev–Trinajstić information content (AvgIpc) is 2.86. The third-order valence-corrected chi connectivity index (χ3v) is 5.40. The molecule has 0 aliphatic carbocycles. The molecule has 0 saturated carbocycles. The van der Waals surface area contributed by atoms with Gasteiger partial charge in [-0.2, -0.15) is 0 Å². The van der Waals surface area contributed by atoms with E-state index in [1.807, 2.05) is 6.07 Å². The maximum atomic E-state index is 12.4. The number of piperazine rings is 1. The first-order chi connectivity index (χ1) is 10.1. The molecule has 0 N–H and O–H groups in total. The second kappa shape index (κ2) is 6.26. The van der Waals surface area contributed by atoms with Crippen LogP contribution in [0.4, 0.5) is 0 Å². The average molecular weight is 302 g/mol. The quantitative estimate of drug-likeness (QED) is 0.867. The van der Waals surface area contributed by atoms with Crippen molar-refractivity contribution in [2.24, 2.45) is 0 Å². The number of carbonyl (C=O) groups is 1. The molecule has 1 atom stereocenters. The Morgan fingerprint density at radius 1 is 1.29 bits per heavy atom. The molecule has 2 aromatic rings. The Morgan fingerprint density at radius 3 is 2.95 bits per heavy atom. The molecule has 3 nitrogen and oxygen atoms in total. The molecule has 0 radical (unpaired) electrons. The number of thiophene rings is 1. The lowest BCUT2D eigenvalue weighted by molar-refractivity contribution is -0.120. The highest BCUT2D eigenvalue weighted by molar-refractivity contribution is 7.17. The number of hydrogen-bond acceptors (Lipinski definition) is 4. The van der Waals surface area contributed by atoms with E-state index in [4.69, 9.17) is 0 Å². The number of nitrogens with zero attached hydrogens (tertiary/aromatic N) is 2. The van der Waals surface area contributed by atoms with Crippen LogP contribution in [0.5, 0.6) is 0 Å². The summed E-state index contributed by atoms with van der Waals surface area (Å²) in [5, 5.41) is 3.38. The molecule has 112 valence electrons. The van der Waals surface area contributed by atoms with Crippen LogP contribution in [0.15, 0.2) is 29.6 Å². The molecule has 21 heavy (non-hydrogen) atoms. The van der Waals surface area contributed by atoms with Gasteiger partial charge >= 0.3 is 0 Å². The number of fused-ring (bicyclic) bond motifs is 1. The molecule has 0 amide bonds. The largest absolute Gasteiger partial charge is 0.304 e. The van der Waals surface area contributed by atoms with Crippen molar-refractivity contribution in [1.29, 1.82) is 0 Å². The van der Waals surface area contributed by atoms with Crippen LogP contribution in [0.2, 0.25) is 0 Å². The van der Waals surface area contributed by atoms with Gasteiger partial charge in [-0.25, -0.2) is 0 Å². The van der Waals surface area contributed by atoms with Crippen LogP contribution < -0.4 is 0 Å². The number of ketones is 1. The zero-order valence-corrected chi connectivity index (χ0v) is 13.5. The molecule has 3 rings (SSSR count). The summed E-state index contributed by atoms with van der Waals surface area (Å²) in [5.74, 6) is 0.353. The summed E-state index contributed by atoms with van der Waals surface area (Å²) in [5.41, 5.74) is 1.19. The minimum absolute atomic E-state index is 0.353. The van der Waals surface area contributed by atoms with Gasteiger partial charge in [-0.05, 0) is 36.5 Å². The maximum Gasteiger partial charge on any atom is 0.138 e. The van der Waals surface area contributed by atoms with Gasteiger partial charge in [0.25, 0.3) is 0 Å². The maximum absolute atomic E-state index is 12.4. The molecule has 1 aliphatic heterocycles. The minimum Gasteiger partial charge on any atom is -0.304 e. The van der Waals surface area contributed by atoms with Crippen LogP contribution in [0, 0.1) is 0 Å². The summed E-state index contributed by atoms with van der Waals surface area (Å²) < 4.78 is 1.27. The van der Waals surface area contributed by atoms with Crippen LogP contribution in [0.3, 0.4) is 0 Å². The topological polar surface area (TPSA) is 23.6 Å². The number of rotatable bonds is 4. The monoisotopic (exact) mass is 302 g/mol. The lowest BCUT2D eigenvalue weighted by Crippen LogP contribution is -2.50. The van der Waals surface area contributed by atoms with E-state index >= 15 is 0 Å². The molecule has 1 saturated heterocycles. The molecular weight excluding hydrogens is 280 g/mol. The second-order valence-corrected chi connectivity index (χ2v) is 6.98. The van der Waals surface area contributed by atoms with Crippen LogP contribution in [-0.2, 0) is 11.2 Å². The van der Waals surface area contributed by atoms with Gasteiger partial charge in [0, 0.05) is 43.2 Å². The SMILES string of the molecule is CN1CCN(C)C(CC(=O)Cc2csc3ccccc23)C1. The Kier molecular flexibility index (Phi) is 4.38. The second-order valence-electron chi connectivity index (χ2n) is 6.07. The van der Waals surface area contributed by atoms with E-state index in [-0.39, 0.29) is 0 Å². The van der Waals surface area contributed by atoms with Crippen molar-refractivity contribution in [3.63, 3.8) is 0 Å². The number of hydrogen-bond donors (Lipinski definition) is 0. The van der Waals surface area contributed by atoms with Gasteiger partial charge in [0.1, 0.15) is 5.78 Å². The van der Waals surface area contributed by atoms with E-state index in [1.54, 1.807) is 11.3 Å². The third kappa shape index (κ3) is 3.34. The van der Waals surface area contributed by atoms with Crippen molar-refractivity contribution < 1.29 is 4.79 Å². The van der Waals surface area contributed by atoms with Gasteiger partial charge in [0.15, 0.2) is 0 Å². The van der Waals surface area contributed by atoms with E-state index in [2.05, 4.69) is 47.5 Å². The van der Waals surface area contributed by atoms with Crippen molar-refractivity contribution in [2.75, 3.05) is 33.7 Å². The van der Waals surface area contributed by atoms with Crippen molar-refractivity contribution >= 4 is 27.2 Å². The van der Waals surface area contributed by atoms with Crippen molar-refractivity contribution in [3.05, 3.63) is 35.2 Å². The molecule has 1 aliphatic rings. The van der Waals surface area contributed by atoms with Crippen LogP contribution in [-0.4, -0.2) is 55.4 Å². The van der Waals surface area contributed by atoms with Gasteiger partial charge in [-0.15, -0.1) is 11.3 Å². The molecule has 1 aromatic carbocycles. The smallest absolute Gasteiger partial charge is 0.138 e. The zero-order chi connectivity index (χ0) is 14.8. The zero-order valence-electron chi connectivity index (χ0n) is 12.7. The predicted molar refractivity (Wildman–Crippen MR) is 89.1 cm³/mol. The summed E-state index contributed by atoms with van der Waals surface area (Å²) in [6.07, 6.45) is 1.23. The van der Waals surface area contributed by atoms with Gasteiger partial charge in [0.2, 0.25) is 0 Å². The minimum atomic E-state index is 0.353. The van der Waals surface area contributed by atoms with Crippen molar-refractivity contribution in [3.8, 4) is 0 Å². The molecule has 1 aromatic heterocycles. The molecule has 2 heterocycles. The Bertz CT molecular complexity index is 637. The van der Waals surface area contributed by atoms with Crippen LogP contribution >= 0.6 is 11.3 Å². The molecule has 1 fully saturated rings. The molecule has 1 unspecified atom stereocenters. The van der Waals surface area contributed by atoms with E-state index in [0.29, 0.717) is 24.7 Å². The summed E-state index contributed by atoms with van der Waals surface area (Å²) in [7, 11) is 4.27. The fraction of sp³-hybridized carbons (Fsp3) is 0.471. The lowest BCUT2D eigenvalue weighted by Gasteiger charge is -2.37. The first-order valence-electron chi connectivity index (χ1n) is 7.49.